The summed E-state index contributed by atoms with van der Waals surface area (Å²) in [6.07, 6.45) is 1.84. The van der Waals surface area contributed by atoms with E-state index in [0.29, 0.717) is 131 Å². The molecule has 0 radical (unpaired) electrons. The first-order valence-electron chi connectivity index (χ1n) is 41.6. The Labute approximate surface area is 726 Å². The van der Waals surface area contributed by atoms with E-state index >= 15 is 0 Å². The number of unbranched alkanes of at least 4 members (excludes halogenated alkanes) is 5. The third-order valence-electron chi connectivity index (χ3n) is 19.5. The number of aryl methyl sites for hydroxylation is 4. The molecule has 43 nitrogen and oxygen atoms in total. The number of aromatic nitrogens is 6. The SMILES string of the molecule is O=C(CCCCn1cc(CCCCNC(=O)Nc2ccc(S[C@@H]3O[C@H](CCP(=O)(O)O)[C@@H](O)[C@H](O)[C@@H]3O)cc2)nn1)NCCCC[C@H](NC(=O)CCCNC(=O)CCCCn1cc(CCCCNC(=O)Nc2ccc(S[C@@H]3O[C@H](CCP(=O)(O)O)[C@@H](O)[C@H](O)[C@@H]3O)cc2)nn1)C(=O)NCCOCCOCCOCCOCCC(=O)NCCN1C(=O)C=CC1=O. The highest BCUT2D eigenvalue weighted by atomic mass is 32.2. The number of benzene rings is 2. The lowest BCUT2D eigenvalue weighted by molar-refractivity contribution is -0.197. The van der Waals surface area contributed by atoms with E-state index in [9.17, 15) is 102 Å². The summed E-state index contributed by atoms with van der Waals surface area (Å²) < 4.78 is 59.7. The summed E-state index contributed by atoms with van der Waals surface area (Å²) in [5, 5.41) is 104. The van der Waals surface area contributed by atoms with Crippen LogP contribution in [0.25, 0.3) is 0 Å². The zero-order chi connectivity index (χ0) is 89.7. The average molecular weight is 1830 g/mol. The van der Waals surface area contributed by atoms with Gasteiger partial charge in [0, 0.05) is 130 Å². The van der Waals surface area contributed by atoms with Gasteiger partial charge in [0.05, 0.1) is 88.8 Å². The molecule has 47 heteroatoms. The van der Waals surface area contributed by atoms with Crippen LogP contribution in [0.4, 0.5) is 21.0 Å². The maximum absolute atomic E-state index is 13.5. The topological polar surface area (TPSA) is 618 Å². The van der Waals surface area contributed by atoms with E-state index < -0.39 is 123 Å². The summed E-state index contributed by atoms with van der Waals surface area (Å²) in [5.74, 6) is -2.20. The Kier molecular flexibility index (Phi) is 46.8. The van der Waals surface area contributed by atoms with Gasteiger partial charge >= 0.3 is 27.3 Å². The van der Waals surface area contributed by atoms with Gasteiger partial charge in [-0.2, -0.15) is 0 Å². The van der Waals surface area contributed by atoms with E-state index in [0.717, 1.165) is 52.7 Å². The number of hydrogen-bond acceptors (Lipinski definition) is 29. The smallest absolute Gasteiger partial charge is 0.325 e. The van der Waals surface area contributed by atoms with E-state index in [1.165, 1.54) is 12.2 Å². The number of carbonyl (C=O) groups excluding carboxylic acids is 9. The molecule has 3 aliphatic heterocycles. The lowest BCUT2D eigenvalue weighted by Gasteiger charge is -2.40. The van der Waals surface area contributed by atoms with E-state index in [2.05, 4.69) is 68.5 Å². The summed E-state index contributed by atoms with van der Waals surface area (Å²) in [6, 6.07) is 11.4. The van der Waals surface area contributed by atoms with Crippen LogP contribution in [0, 0.1) is 0 Å². The van der Waals surface area contributed by atoms with Crippen LogP contribution in [0.15, 0.2) is 82.9 Å². The predicted molar refractivity (Wildman–Crippen MR) is 449 cm³/mol. The van der Waals surface area contributed by atoms with Crippen LogP contribution >= 0.6 is 38.7 Å². The van der Waals surface area contributed by atoms with Crippen molar-refractivity contribution in [2.75, 3.05) is 122 Å². The third-order valence-corrected chi connectivity index (χ3v) is 23.5. The molecule has 2 saturated heterocycles. The van der Waals surface area contributed by atoms with Crippen LogP contribution < -0.4 is 47.9 Å². The van der Waals surface area contributed by atoms with Crippen LogP contribution in [0.5, 0.6) is 0 Å². The summed E-state index contributed by atoms with van der Waals surface area (Å²) >= 11 is 2.09. The van der Waals surface area contributed by atoms with E-state index in [-0.39, 0.29) is 141 Å². The van der Waals surface area contributed by atoms with Crippen molar-refractivity contribution in [3.8, 4) is 0 Å². The largest absolute Gasteiger partial charge is 0.388 e. The maximum Gasteiger partial charge on any atom is 0.325 e. The molecule has 0 unspecified atom stereocenters. The summed E-state index contributed by atoms with van der Waals surface area (Å²) in [4.78, 5) is 152. The van der Waals surface area contributed by atoms with Crippen LogP contribution in [-0.2, 0) is 97.0 Å². The second kappa shape index (κ2) is 56.3. The quantitative estimate of drug-likeness (QED) is 0.0162. The Balaban J connectivity index is 0.713. The van der Waals surface area contributed by atoms with Crippen molar-refractivity contribution in [3.63, 3.8) is 0 Å². The number of carbonyl (C=O) groups is 9. The molecule has 0 bridgehead atoms. The molecular weight excluding hydrogens is 1710 g/mol. The van der Waals surface area contributed by atoms with E-state index in [1.807, 2.05) is 12.4 Å². The fraction of sp³-hybridized carbons (Fsp3) is 0.649. The Hall–Kier alpha value is -7.99. The zero-order valence-electron chi connectivity index (χ0n) is 69.1. The molecule has 11 amide bonds. The van der Waals surface area contributed by atoms with Gasteiger partial charge < -0.3 is 126 Å². The second-order valence-corrected chi connectivity index (χ2v) is 35.5. The zero-order valence-corrected chi connectivity index (χ0v) is 72.5. The minimum atomic E-state index is -4.39. The van der Waals surface area contributed by atoms with Crippen LogP contribution in [0.3, 0.4) is 0 Å². The van der Waals surface area contributed by atoms with Crippen molar-refractivity contribution in [2.24, 2.45) is 0 Å². The molecule has 0 saturated carbocycles. The molecule has 2 fully saturated rings. The third kappa shape index (κ3) is 41.2. The molecule has 0 spiro atoms. The molecule has 692 valence electrons. The van der Waals surface area contributed by atoms with Gasteiger partial charge in [0.2, 0.25) is 29.5 Å². The fourth-order valence-electron chi connectivity index (χ4n) is 12.7. The van der Waals surface area contributed by atoms with E-state index in [4.69, 9.17) is 28.4 Å². The Morgan fingerprint density at radius 2 is 0.847 bits per heavy atom. The standard InChI is InChI=1S/C77H120N16O27P2S2/c94-61(15-4-9-37-91-50-54(87-89-91)12-1-6-32-82-76(107)84-52-18-22-56(23-19-52)123-74-71(104)69(102)67(100)59(119-74)29-48-121(109,110)111)78-31-8-3-14-58(73(106)81-36-41-116-43-45-118-47-46-117-44-42-115-40-28-63(96)80-35-39-93-65(98)26-27-66(93)99)86-64(97)17-11-34-79-62(95)16-5-10-38-92-51-55(88-90-92)13-2-7-33-83-77(108)85-53-20-24-57(25-21-53)124-75-72(105)70(103)68(101)60(120-75)30-49-122(112,113)114/h18-27,50-51,58-60,67-72,74-75,100-105H,1-17,28-49H2,(H,78,94)(H,79,95)(H,80,96)(H,81,106)(H,86,97)(H2,82,84,107)(H2,83,85,108)(H2,109,110,111)(H2,112,113,114)/t58-,59+,60+,67+,68+,69-,70-,71-,72-,74-,75-/m0/s1. The molecule has 19 N–H and O–H groups in total. The summed E-state index contributed by atoms with van der Waals surface area (Å²) in [6.45, 7) is 4.75. The fourth-order valence-corrected chi connectivity index (χ4v) is 16.0. The average Bonchev–Trinajstić information content (AvgIpc) is 1.21. The highest BCUT2D eigenvalue weighted by molar-refractivity contribution is 8.00. The monoisotopic (exact) mass is 1830 g/mol. The Bertz CT molecular complexity index is 4040. The lowest BCUT2D eigenvalue weighted by atomic mass is 9.98. The van der Waals surface area contributed by atoms with Gasteiger partial charge in [0.15, 0.2) is 0 Å². The molecule has 2 aromatic heterocycles. The number of amides is 11. The van der Waals surface area contributed by atoms with Crippen LogP contribution in [0.1, 0.15) is 127 Å². The number of aliphatic hydroxyl groups excluding tert-OH is 6. The molecule has 11 atom stereocenters. The molecule has 0 aliphatic carbocycles. The van der Waals surface area contributed by atoms with Crippen molar-refractivity contribution in [3.05, 3.63) is 84.5 Å². The minimum Gasteiger partial charge on any atom is -0.388 e. The molecule has 5 heterocycles. The maximum atomic E-state index is 13.5. The number of aliphatic hydroxyl groups is 6. The summed E-state index contributed by atoms with van der Waals surface area (Å²) in [7, 11) is -8.78. The number of rotatable bonds is 61. The van der Waals surface area contributed by atoms with Gasteiger partial charge in [-0.15, -0.1) is 10.2 Å². The molecule has 2 aromatic carbocycles. The number of thioether (sulfide) groups is 2. The minimum absolute atomic E-state index is 0.0411. The predicted octanol–water partition coefficient (Wildman–Crippen LogP) is 0.416. The van der Waals surface area contributed by atoms with Gasteiger partial charge in [-0.25, -0.2) is 9.59 Å². The first kappa shape index (κ1) is 103. The molecule has 7 rings (SSSR count). The van der Waals surface area contributed by atoms with Crippen LogP contribution in [0.2, 0.25) is 0 Å². The van der Waals surface area contributed by atoms with Gasteiger partial charge in [-0.05, 0) is 151 Å². The van der Waals surface area contributed by atoms with Gasteiger partial charge in [-0.3, -0.25) is 57.0 Å². The van der Waals surface area contributed by atoms with Gasteiger partial charge in [-0.1, -0.05) is 34.0 Å². The highest BCUT2D eigenvalue weighted by Crippen LogP contribution is 2.41. The van der Waals surface area contributed by atoms with Crippen molar-refractivity contribution >= 4 is 104 Å². The molecule has 4 aromatic rings. The number of imide groups is 1. The number of ether oxygens (including phenoxy) is 6. The number of urea groups is 2. The van der Waals surface area contributed by atoms with Crippen molar-refractivity contribution in [1.29, 1.82) is 0 Å². The molecular formula is C77H120N16O27P2S2. The number of nitrogens with one attached hydrogen (secondary N) is 9. The Morgan fingerprint density at radius 1 is 0.435 bits per heavy atom. The van der Waals surface area contributed by atoms with Gasteiger partial charge in [0.25, 0.3) is 11.8 Å². The lowest BCUT2D eigenvalue weighted by Crippen LogP contribution is -2.56. The van der Waals surface area contributed by atoms with Crippen molar-refractivity contribution in [2.45, 2.75) is 217 Å². The second-order valence-electron chi connectivity index (χ2n) is 29.6. The first-order chi connectivity index (χ1) is 59.4. The number of nitrogens with zero attached hydrogens (tertiary/aromatic N) is 7. The number of anilines is 2. The molecule has 124 heavy (non-hydrogen) atoms. The highest BCUT2D eigenvalue weighted by Gasteiger charge is 2.46. The number of hydrogen-bond donors (Lipinski definition) is 19. The van der Waals surface area contributed by atoms with Crippen molar-refractivity contribution in [1.82, 2.24) is 72.1 Å². The Morgan fingerprint density at radius 3 is 1.31 bits per heavy atom. The summed E-state index contributed by atoms with van der Waals surface area (Å²) in [5.41, 5.74) is 0.445. The van der Waals surface area contributed by atoms with Crippen molar-refractivity contribution < 1.29 is 131 Å². The van der Waals surface area contributed by atoms with Gasteiger partial charge in [0.1, 0.15) is 53.5 Å². The first-order valence-corrected chi connectivity index (χ1v) is 46.9. The van der Waals surface area contributed by atoms with E-state index in [1.54, 1.807) is 57.9 Å². The van der Waals surface area contributed by atoms with Crippen LogP contribution in [-0.4, -0.2) is 315 Å². The normalized spacial score (nSPS) is 19.9. The molecule has 3 aliphatic rings.